The molecule has 0 aliphatic heterocycles. The summed E-state index contributed by atoms with van der Waals surface area (Å²) in [7, 11) is 0. The molecule has 3 N–H and O–H groups in total. The minimum atomic E-state index is -1.26. The zero-order valence-electron chi connectivity index (χ0n) is 8.01. The average molecular weight is 216 g/mol. The van der Waals surface area contributed by atoms with Crippen LogP contribution >= 0.6 is 0 Å². The third-order valence-electron chi connectivity index (χ3n) is 1.26. The number of hydrogen-bond donors (Lipinski definition) is 2. The number of nitrogens with zero attached hydrogens (tertiary/aromatic N) is 1. The van der Waals surface area contributed by atoms with Crippen LogP contribution in [0.4, 0.5) is 4.79 Å². The number of carbonyl (C=O) groups excluding carboxylic acids is 2. The lowest BCUT2D eigenvalue weighted by atomic mass is 10.5. The lowest BCUT2D eigenvalue weighted by Gasteiger charge is -2.17. The summed E-state index contributed by atoms with van der Waals surface area (Å²) in [6, 6.07) is 0. The molecule has 7 nitrogen and oxygen atoms in total. The van der Waals surface area contributed by atoms with Crippen LogP contribution in [0, 0.1) is 0 Å². The number of primary amides is 1. The normalized spacial score (nSPS) is 9.07. The van der Waals surface area contributed by atoms with Gasteiger partial charge in [-0.1, -0.05) is 12.7 Å². The average Bonchev–Trinajstić information content (AvgIpc) is 2.11. The van der Waals surface area contributed by atoms with Crippen LogP contribution in [0.25, 0.3) is 0 Å². The predicted octanol–water partition coefficient (Wildman–Crippen LogP) is -0.819. The summed E-state index contributed by atoms with van der Waals surface area (Å²) in [4.78, 5) is 32.7. The Kier molecular flexibility index (Phi) is 5.53. The van der Waals surface area contributed by atoms with Gasteiger partial charge in [-0.05, 0) is 0 Å². The fraction of sp³-hybridized carbons (Fsp3) is 0.375. The first-order valence-corrected chi connectivity index (χ1v) is 4.00. The Balaban J connectivity index is 4.32. The second-order valence-corrected chi connectivity index (χ2v) is 2.58. The number of ether oxygens (including phenoxy) is 1. The molecule has 0 spiro atoms. The molecule has 0 aromatic carbocycles. The van der Waals surface area contributed by atoms with Crippen LogP contribution in [-0.4, -0.2) is 47.7 Å². The van der Waals surface area contributed by atoms with Gasteiger partial charge in [0.25, 0.3) is 0 Å². The minimum absolute atomic E-state index is 0.0618. The molecule has 0 bridgehead atoms. The molecular weight excluding hydrogens is 204 g/mol. The molecule has 0 saturated heterocycles. The number of rotatable bonds is 6. The van der Waals surface area contributed by atoms with Crippen molar-refractivity contribution in [2.24, 2.45) is 5.73 Å². The molecule has 0 atom stereocenters. The quantitative estimate of drug-likeness (QED) is 0.563. The number of nitrogens with two attached hydrogens (primary N) is 1. The maximum Gasteiger partial charge on any atom is 0.411 e. The number of carbonyl (C=O) groups is 3. The number of aliphatic carboxylic acids is 1. The zero-order chi connectivity index (χ0) is 11.8. The van der Waals surface area contributed by atoms with Crippen molar-refractivity contribution in [3.8, 4) is 0 Å². The standard InChI is InChI=1S/C8H12N2O5/c1-2-3-15-8(14)10(4-6(9)11)5-7(12)13/h2H,1,3-5H2,(H2,9,11)(H,12,13). The molecule has 2 amide bonds. The van der Waals surface area contributed by atoms with Gasteiger partial charge >= 0.3 is 12.1 Å². The summed E-state index contributed by atoms with van der Waals surface area (Å²) in [6.45, 7) is 2.11. The molecule has 0 aliphatic carbocycles. The van der Waals surface area contributed by atoms with Crippen LogP contribution in [0.2, 0.25) is 0 Å². The topological polar surface area (TPSA) is 110 Å². The van der Waals surface area contributed by atoms with Gasteiger partial charge in [-0.2, -0.15) is 0 Å². The highest BCUT2D eigenvalue weighted by atomic mass is 16.6. The molecule has 7 heteroatoms. The molecule has 84 valence electrons. The van der Waals surface area contributed by atoms with Crippen LogP contribution in [0.5, 0.6) is 0 Å². The van der Waals surface area contributed by atoms with Crippen LogP contribution in [-0.2, 0) is 14.3 Å². The maximum absolute atomic E-state index is 11.2. The second-order valence-electron chi connectivity index (χ2n) is 2.58. The first kappa shape index (κ1) is 12.9. The van der Waals surface area contributed by atoms with Gasteiger partial charge in [0.05, 0.1) is 0 Å². The molecule has 0 aromatic rings. The summed E-state index contributed by atoms with van der Waals surface area (Å²) < 4.78 is 4.55. The summed E-state index contributed by atoms with van der Waals surface area (Å²) in [6.07, 6.45) is 0.400. The van der Waals surface area contributed by atoms with Crippen molar-refractivity contribution in [1.29, 1.82) is 0 Å². The van der Waals surface area contributed by atoms with Gasteiger partial charge < -0.3 is 15.6 Å². The van der Waals surface area contributed by atoms with Crippen molar-refractivity contribution in [1.82, 2.24) is 4.90 Å². The van der Waals surface area contributed by atoms with Crippen molar-refractivity contribution in [3.05, 3.63) is 12.7 Å². The fourth-order valence-electron chi connectivity index (χ4n) is 0.758. The molecule has 15 heavy (non-hydrogen) atoms. The Labute approximate surface area is 86.1 Å². The van der Waals surface area contributed by atoms with E-state index in [9.17, 15) is 14.4 Å². The first-order chi connectivity index (χ1) is 6.97. The second kappa shape index (κ2) is 6.41. The first-order valence-electron chi connectivity index (χ1n) is 4.00. The van der Waals surface area contributed by atoms with Gasteiger partial charge in [0.15, 0.2) is 0 Å². The minimum Gasteiger partial charge on any atom is -0.480 e. The van der Waals surface area contributed by atoms with Gasteiger partial charge in [-0.15, -0.1) is 0 Å². The summed E-state index contributed by atoms with van der Waals surface area (Å²) in [5.74, 6) is -2.07. The van der Waals surface area contributed by atoms with E-state index in [0.29, 0.717) is 4.90 Å². The molecule has 0 rings (SSSR count). The molecule has 0 saturated carbocycles. The van der Waals surface area contributed by atoms with Gasteiger partial charge in [0.1, 0.15) is 19.7 Å². The number of carboxylic acid groups (broad SMARTS) is 1. The molecular formula is C8H12N2O5. The van der Waals surface area contributed by atoms with Gasteiger partial charge in [-0.25, -0.2) is 4.79 Å². The van der Waals surface area contributed by atoms with E-state index in [4.69, 9.17) is 10.8 Å². The lowest BCUT2D eigenvalue weighted by molar-refractivity contribution is -0.138. The zero-order valence-corrected chi connectivity index (χ0v) is 8.01. The van der Waals surface area contributed by atoms with Crippen molar-refractivity contribution < 1.29 is 24.2 Å². The fourth-order valence-corrected chi connectivity index (χ4v) is 0.758. The van der Waals surface area contributed by atoms with Crippen molar-refractivity contribution in [2.45, 2.75) is 0 Å². The van der Waals surface area contributed by atoms with Crippen LogP contribution < -0.4 is 5.73 Å². The summed E-state index contributed by atoms with van der Waals surface area (Å²) >= 11 is 0. The van der Waals surface area contributed by atoms with Crippen LogP contribution in [0.15, 0.2) is 12.7 Å². The highest BCUT2D eigenvalue weighted by molar-refractivity contribution is 5.83. The Morgan fingerprint density at radius 2 is 2.00 bits per heavy atom. The van der Waals surface area contributed by atoms with E-state index in [2.05, 4.69) is 11.3 Å². The molecule has 0 heterocycles. The monoisotopic (exact) mass is 216 g/mol. The van der Waals surface area contributed by atoms with E-state index >= 15 is 0 Å². The third kappa shape index (κ3) is 6.08. The summed E-state index contributed by atoms with van der Waals surface area (Å²) in [5, 5.41) is 8.45. The van der Waals surface area contributed by atoms with Gasteiger partial charge in [-0.3, -0.25) is 14.5 Å². The number of carboxylic acids is 1. The van der Waals surface area contributed by atoms with Crippen LogP contribution in [0.3, 0.4) is 0 Å². The highest BCUT2D eigenvalue weighted by Gasteiger charge is 2.19. The molecule has 0 unspecified atom stereocenters. The van der Waals surface area contributed by atoms with Crippen molar-refractivity contribution >= 4 is 18.0 Å². The smallest absolute Gasteiger partial charge is 0.411 e. The Bertz CT molecular complexity index is 260. The van der Waals surface area contributed by atoms with E-state index in [1.807, 2.05) is 0 Å². The summed E-state index contributed by atoms with van der Waals surface area (Å²) in [5.41, 5.74) is 4.83. The molecule has 0 radical (unpaired) electrons. The van der Waals surface area contributed by atoms with E-state index in [1.165, 1.54) is 6.08 Å². The Hall–Kier alpha value is -2.05. The largest absolute Gasteiger partial charge is 0.480 e. The predicted molar refractivity (Wildman–Crippen MR) is 49.9 cm³/mol. The van der Waals surface area contributed by atoms with Crippen molar-refractivity contribution in [3.63, 3.8) is 0 Å². The Morgan fingerprint density at radius 3 is 2.40 bits per heavy atom. The Morgan fingerprint density at radius 1 is 1.40 bits per heavy atom. The van der Waals surface area contributed by atoms with E-state index in [-0.39, 0.29) is 6.61 Å². The third-order valence-corrected chi connectivity index (χ3v) is 1.26. The molecule has 0 aromatic heterocycles. The van der Waals surface area contributed by atoms with Crippen LogP contribution in [0.1, 0.15) is 0 Å². The number of hydrogen-bond acceptors (Lipinski definition) is 4. The highest BCUT2D eigenvalue weighted by Crippen LogP contribution is 1.94. The SMILES string of the molecule is C=CCOC(=O)N(CC(N)=O)CC(=O)O. The van der Waals surface area contributed by atoms with Gasteiger partial charge in [0.2, 0.25) is 5.91 Å². The maximum atomic E-state index is 11.2. The van der Waals surface area contributed by atoms with Crippen molar-refractivity contribution in [2.75, 3.05) is 19.7 Å². The lowest BCUT2D eigenvalue weighted by Crippen LogP contribution is -2.41. The van der Waals surface area contributed by atoms with E-state index in [0.717, 1.165) is 0 Å². The van der Waals surface area contributed by atoms with E-state index < -0.39 is 31.1 Å². The molecule has 0 aliphatic rings. The van der Waals surface area contributed by atoms with E-state index in [1.54, 1.807) is 0 Å². The number of amides is 2. The van der Waals surface area contributed by atoms with Gasteiger partial charge in [0, 0.05) is 0 Å². The molecule has 0 fully saturated rings.